The summed E-state index contributed by atoms with van der Waals surface area (Å²) in [4.78, 5) is 22.2. The van der Waals surface area contributed by atoms with Gasteiger partial charge in [0.2, 0.25) is 0 Å². The Balaban J connectivity index is 2.41. The van der Waals surface area contributed by atoms with E-state index in [0.717, 1.165) is 0 Å². The van der Waals surface area contributed by atoms with Gasteiger partial charge in [-0.15, -0.1) is 0 Å². The molecule has 0 aromatic heterocycles. The van der Waals surface area contributed by atoms with Crippen LogP contribution in [0.5, 0.6) is 0 Å². The summed E-state index contributed by atoms with van der Waals surface area (Å²) in [5.41, 5.74) is 0.357. The minimum absolute atomic E-state index is 0.120. The van der Waals surface area contributed by atoms with Gasteiger partial charge in [0.05, 0.1) is 4.90 Å². The second kappa shape index (κ2) is 4.01. The van der Waals surface area contributed by atoms with Crippen LogP contribution in [0, 0.1) is 0 Å². The largest absolute Gasteiger partial charge is 0.322 e. The van der Waals surface area contributed by atoms with Crippen LogP contribution in [0.4, 0.5) is 4.79 Å². The molecule has 0 spiro atoms. The van der Waals surface area contributed by atoms with Crippen LogP contribution in [0.1, 0.15) is 11.6 Å². The maximum Gasteiger partial charge on any atom is 0.322 e. The zero-order valence-electron chi connectivity index (χ0n) is 8.31. The van der Waals surface area contributed by atoms with Gasteiger partial charge in [0, 0.05) is 10.7 Å². The second-order valence-electron chi connectivity index (χ2n) is 3.41. The Labute approximate surface area is 101 Å². The smallest absolute Gasteiger partial charge is 0.322 e. The number of hydrogen-bond acceptors (Lipinski definition) is 4. The van der Waals surface area contributed by atoms with E-state index in [9.17, 15) is 18.0 Å². The van der Waals surface area contributed by atoms with Gasteiger partial charge < -0.3 is 5.32 Å². The summed E-state index contributed by atoms with van der Waals surface area (Å²) in [6.45, 7) is 0. The van der Waals surface area contributed by atoms with Gasteiger partial charge in [-0.2, -0.15) is 0 Å². The van der Waals surface area contributed by atoms with E-state index in [1.54, 1.807) is 0 Å². The maximum absolute atomic E-state index is 11.4. The molecule has 1 unspecified atom stereocenters. The Hall–Kier alpha value is -1.60. The fraction of sp³-hybridized carbons (Fsp3) is 0.111. The highest BCUT2D eigenvalue weighted by Crippen LogP contribution is 2.22. The number of carbonyl (C=O) groups is 2. The molecule has 0 aliphatic carbocycles. The lowest BCUT2D eigenvalue weighted by atomic mass is 10.1. The quantitative estimate of drug-likeness (QED) is 0.606. The Morgan fingerprint density at radius 1 is 1.24 bits per heavy atom. The number of rotatable bonds is 2. The van der Waals surface area contributed by atoms with Gasteiger partial charge in [-0.3, -0.25) is 10.1 Å². The summed E-state index contributed by atoms with van der Waals surface area (Å²) in [5, 5.41) is 4.41. The fourth-order valence-electron chi connectivity index (χ4n) is 1.50. The van der Waals surface area contributed by atoms with Crippen LogP contribution in [-0.2, 0) is 13.8 Å². The van der Waals surface area contributed by atoms with Crippen LogP contribution in [0.25, 0.3) is 0 Å². The molecule has 8 heteroatoms. The molecule has 0 radical (unpaired) electrons. The van der Waals surface area contributed by atoms with Crippen LogP contribution in [-0.4, -0.2) is 20.4 Å². The number of halogens is 1. The summed E-state index contributed by atoms with van der Waals surface area (Å²) in [6.07, 6.45) is 0. The van der Waals surface area contributed by atoms with Crippen molar-refractivity contribution < 1.29 is 18.0 Å². The van der Waals surface area contributed by atoms with E-state index in [-0.39, 0.29) is 4.90 Å². The molecule has 0 saturated carbocycles. The molecule has 1 aliphatic rings. The van der Waals surface area contributed by atoms with Crippen molar-refractivity contribution in [1.29, 1.82) is 0 Å². The first kappa shape index (κ1) is 11.9. The van der Waals surface area contributed by atoms with E-state index < -0.39 is 27.0 Å². The first-order chi connectivity index (χ1) is 7.88. The SMILES string of the molecule is O=C1NC(=O)C(c2cccc(S(=O)(=O)Cl)c2)N1. The Bertz CT molecular complexity index is 599. The average molecular weight is 275 g/mol. The second-order valence-corrected chi connectivity index (χ2v) is 5.97. The molecular weight excluding hydrogens is 268 g/mol. The van der Waals surface area contributed by atoms with Crippen molar-refractivity contribution in [2.24, 2.45) is 0 Å². The van der Waals surface area contributed by atoms with Gasteiger partial charge >= 0.3 is 6.03 Å². The number of nitrogens with one attached hydrogen (secondary N) is 2. The zero-order chi connectivity index (χ0) is 12.6. The van der Waals surface area contributed by atoms with Crippen molar-refractivity contribution >= 4 is 31.7 Å². The van der Waals surface area contributed by atoms with E-state index in [2.05, 4.69) is 10.6 Å². The molecule has 1 saturated heterocycles. The molecule has 3 amide bonds. The molecular formula is C9H7ClN2O4S. The van der Waals surface area contributed by atoms with Crippen LogP contribution in [0.2, 0.25) is 0 Å². The van der Waals surface area contributed by atoms with Crippen LogP contribution in [0.15, 0.2) is 29.2 Å². The lowest BCUT2D eigenvalue weighted by Gasteiger charge is -2.08. The molecule has 90 valence electrons. The normalized spacial score (nSPS) is 19.9. The van der Waals surface area contributed by atoms with Gasteiger partial charge in [-0.1, -0.05) is 12.1 Å². The van der Waals surface area contributed by atoms with E-state index in [0.29, 0.717) is 5.56 Å². The molecule has 1 atom stereocenters. The Kier molecular flexibility index (Phi) is 2.80. The molecule has 0 bridgehead atoms. The summed E-state index contributed by atoms with van der Waals surface area (Å²) in [5.74, 6) is -0.529. The predicted molar refractivity (Wildman–Crippen MR) is 58.9 cm³/mol. The third-order valence-electron chi connectivity index (χ3n) is 2.25. The summed E-state index contributed by atoms with van der Waals surface area (Å²) in [7, 11) is 1.33. The summed E-state index contributed by atoms with van der Waals surface area (Å²) in [6, 6.07) is 4.03. The lowest BCUT2D eigenvalue weighted by molar-refractivity contribution is -0.120. The number of carbonyl (C=O) groups excluding carboxylic acids is 2. The molecule has 1 heterocycles. The van der Waals surface area contributed by atoms with Crippen molar-refractivity contribution in [1.82, 2.24) is 10.6 Å². The third-order valence-corrected chi connectivity index (χ3v) is 3.60. The number of imide groups is 1. The number of benzene rings is 1. The fourth-order valence-corrected chi connectivity index (χ4v) is 2.30. The van der Waals surface area contributed by atoms with E-state index >= 15 is 0 Å². The molecule has 2 N–H and O–H groups in total. The lowest BCUT2D eigenvalue weighted by Crippen LogP contribution is -2.22. The number of amides is 3. The van der Waals surface area contributed by atoms with Gasteiger partial charge in [-0.25, -0.2) is 13.2 Å². The third kappa shape index (κ3) is 2.40. The maximum atomic E-state index is 11.4. The van der Waals surface area contributed by atoms with E-state index in [1.165, 1.54) is 24.3 Å². The number of hydrogen-bond donors (Lipinski definition) is 2. The van der Waals surface area contributed by atoms with Crippen molar-refractivity contribution in [2.75, 3.05) is 0 Å². The summed E-state index contributed by atoms with van der Waals surface area (Å²) < 4.78 is 22.2. The van der Waals surface area contributed by atoms with Crippen molar-refractivity contribution in [2.45, 2.75) is 10.9 Å². The van der Waals surface area contributed by atoms with Crippen molar-refractivity contribution in [3.8, 4) is 0 Å². The highest BCUT2D eigenvalue weighted by molar-refractivity contribution is 8.13. The van der Waals surface area contributed by atoms with Crippen molar-refractivity contribution in [3.05, 3.63) is 29.8 Å². The standard InChI is InChI=1S/C9H7ClN2O4S/c10-17(15,16)6-3-1-2-5(4-6)7-8(13)12-9(14)11-7/h1-4,7H,(H2,11,12,13,14). The average Bonchev–Trinajstić information content (AvgIpc) is 2.57. The van der Waals surface area contributed by atoms with E-state index in [1.807, 2.05) is 0 Å². The van der Waals surface area contributed by atoms with Gasteiger partial charge in [0.15, 0.2) is 0 Å². The molecule has 2 rings (SSSR count). The van der Waals surface area contributed by atoms with Crippen LogP contribution < -0.4 is 10.6 Å². The molecule has 1 aliphatic heterocycles. The molecule has 17 heavy (non-hydrogen) atoms. The zero-order valence-corrected chi connectivity index (χ0v) is 9.88. The Morgan fingerprint density at radius 3 is 2.47 bits per heavy atom. The monoisotopic (exact) mass is 274 g/mol. The minimum Gasteiger partial charge on any atom is -0.322 e. The van der Waals surface area contributed by atoms with Crippen molar-refractivity contribution in [3.63, 3.8) is 0 Å². The first-order valence-corrected chi connectivity index (χ1v) is 6.85. The molecule has 1 fully saturated rings. The highest BCUT2D eigenvalue weighted by Gasteiger charge is 2.31. The minimum atomic E-state index is -3.86. The highest BCUT2D eigenvalue weighted by atomic mass is 35.7. The Morgan fingerprint density at radius 2 is 1.94 bits per heavy atom. The van der Waals surface area contributed by atoms with Crippen LogP contribution in [0.3, 0.4) is 0 Å². The van der Waals surface area contributed by atoms with Gasteiger partial charge in [0.25, 0.3) is 15.0 Å². The van der Waals surface area contributed by atoms with Gasteiger partial charge in [-0.05, 0) is 17.7 Å². The van der Waals surface area contributed by atoms with Crippen LogP contribution >= 0.6 is 10.7 Å². The molecule has 1 aromatic carbocycles. The molecule has 6 nitrogen and oxygen atoms in total. The summed E-state index contributed by atoms with van der Waals surface area (Å²) >= 11 is 0. The topological polar surface area (TPSA) is 92.3 Å². The molecule has 1 aromatic rings. The van der Waals surface area contributed by atoms with E-state index in [4.69, 9.17) is 10.7 Å². The number of urea groups is 1. The predicted octanol–water partition coefficient (Wildman–Crippen LogP) is 0.495. The first-order valence-electron chi connectivity index (χ1n) is 4.54. The van der Waals surface area contributed by atoms with Gasteiger partial charge in [0.1, 0.15) is 6.04 Å².